The molecule has 2 unspecified atom stereocenters. The van der Waals surface area contributed by atoms with Crippen molar-refractivity contribution in [3.05, 3.63) is 12.4 Å². The van der Waals surface area contributed by atoms with Gasteiger partial charge in [-0.2, -0.15) is 0 Å². The summed E-state index contributed by atoms with van der Waals surface area (Å²) in [7, 11) is 0. The minimum atomic E-state index is 0.713. The van der Waals surface area contributed by atoms with Gasteiger partial charge in [-0.25, -0.2) is 4.98 Å². The molecule has 2 heterocycles. The molecule has 2 aliphatic rings. The molecule has 0 bridgehead atoms. The average molecular weight is 246 g/mol. The molecule has 4 nitrogen and oxygen atoms in total. The maximum atomic E-state index is 4.69. The molecule has 1 saturated heterocycles. The van der Waals surface area contributed by atoms with Crippen molar-refractivity contribution in [1.29, 1.82) is 0 Å². The highest BCUT2D eigenvalue weighted by Gasteiger charge is 2.36. The van der Waals surface area contributed by atoms with E-state index in [0.29, 0.717) is 6.04 Å². The molecule has 1 aromatic rings. The number of rotatable bonds is 3. The molecule has 4 heteroatoms. The zero-order valence-corrected chi connectivity index (χ0v) is 11.1. The van der Waals surface area contributed by atoms with Crippen molar-refractivity contribution in [2.45, 2.75) is 45.1 Å². The van der Waals surface area contributed by atoms with Gasteiger partial charge in [-0.3, -0.25) is 4.98 Å². The molecule has 1 aromatic heterocycles. The van der Waals surface area contributed by atoms with Gasteiger partial charge in [0, 0.05) is 19.1 Å². The second-order valence-electron chi connectivity index (χ2n) is 5.39. The molecule has 2 atom stereocenters. The highest BCUT2D eigenvalue weighted by molar-refractivity contribution is 5.45. The van der Waals surface area contributed by atoms with Crippen LogP contribution in [0.15, 0.2) is 12.4 Å². The molecule has 1 N–H and O–H groups in total. The number of anilines is 2. The van der Waals surface area contributed by atoms with Crippen LogP contribution in [0, 0.1) is 5.92 Å². The molecule has 1 aliphatic carbocycles. The highest BCUT2D eigenvalue weighted by atomic mass is 15.3. The Kier molecular flexibility index (Phi) is 3.35. The second-order valence-corrected chi connectivity index (χ2v) is 5.39. The Balaban J connectivity index is 1.79. The minimum Gasteiger partial charge on any atom is -0.369 e. The number of fused-ring (bicyclic) bond motifs is 1. The van der Waals surface area contributed by atoms with Crippen LogP contribution in [0.4, 0.5) is 11.6 Å². The van der Waals surface area contributed by atoms with Gasteiger partial charge in [-0.15, -0.1) is 0 Å². The fraction of sp³-hybridized carbons (Fsp3) is 0.714. The summed E-state index contributed by atoms with van der Waals surface area (Å²) < 4.78 is 0. The molecule has 2 fully saturated rings. The molecule has 98 valence electrons. The van der Waals surface area contributed by atoms with Gasteiger partial charge in [0.1, 0.15) is 11.6 Å². The molecular weight excluding hydrogens is 224 g/mol. The molecular formula is C14H22N4. The summed E-state index contributed by atoms with van der Waals surface area (Å²) in [6, 6.07) is 0.713. The Bertz CT molecular complexity index is 407. The number of nitrogens with zero attached hydrogens (tertiary/aromatic N) is 3. The summed E-state index contributed by atoms with van der Waals surface area (Å²) >= 11 is 0. The summed E-state index contributed by atoms with van der Waals surface area (Å²) in [4.78, 5) is 11.5. The normalized spacial score (nSPS) is 27.1. The molecule has 18 heavy (non-hydrogen) atoms. The highest BCUT2D eigenvalue weighted by Crippen LogP contribution is 2.38. The van der Waals surface area contributed by atoms with Crippen LogP contribution in [-0.4, -0.2) is 29.1 Å². The molecule has 0 amide bonds. The Hall–Kier alpha value is -1.32. The fourth-order valence-corrected chi connectivity index (χ4v) is 3.45. The van der Waals surface area contributed by atoms with Crippen molar-refractivity contribution < 1.29 is 0 Å². The van der Waals surface area contributed by atoms with Crippen LogP contribution in [-0.2, 0) is 0 Å². The van der Waals surface area contributed by atoms with Crippen LogP contribution in [0.1, 0.15) is 39.0 Å². The van der Waals surface area contributed by atoms with Crippen molar-refractivity contribution in [1.82, 2.24) is 9.97 Å². The Labute approximate surface area is 109 Å². The molecule has 0 spiro atoms. The Morgan fingerprint density at radius 3 is 3.06 bits per heavy atom. The van der Waals surface area contributed by atoms with E-state index in [-0.39, 0.29) is 0 Å². The van der Waals surface area contributed by atoms with Crippen molar-refractivity contribution in [2.75, 3.05) is 23.3 Å². The number of aromatic nitrogens is 2. The first-order chi connectivity index (χ1) is 8.88. The third-order valence-corrected chi connectivity index (χ3v) is 4.28. The molecule has 3 rings (SSSR count). The minimum absolute atomic E-state index is 0.713. The van der Waals surface area contributed by atoms with E-state index in [1.54, 1.807) is 6.20 Å². The van der Waals surface area contributed by atoms with E-state index in [9.17, 15) is 0 Å². The van der Waals surface area contributed by atoms with Crippen molar-refractivity contribution in [2.24, 2.45) is 5.92 Å². The van der Waals surface area contributed by atoms with E-state index in [2.05, 4.69) is 27.1 Å². The lowest BCUT2D eigenvalue weighted by Crippen LogP contribution is -2.35. The van der Waals surface area contributed by atoms with Gasteiger partial charge in [0.05, 0.1) is 12.4 Å². The van der Waals surface area contributed by atoms with E-state index < -0.39 is 0 Å². The Morgan fingerprint density at radius 2 is 2.17 bits per heavy atom. The van der Waals surface area contributed by atoms with Crippen LogP contribution in [0.5, 0.6) is 0 Å². The van der Waals surface area contributed by atoms with Crippen LogP contribution in [0.2, 0.25) is 0 Å². The zero-order chi connectivity index (χ0) is 12.4. The van der Waals surface area contributed by atoms with E-state index >= 15 is 0 Å². The average Bonchev–Trinajstić information content (AvgIpc) is 2.83. The third-order valence-electron chi connectivity index (χ3n) is 4.28. The third kappa shape index (κ3) is 2.16. The molecule has 1 saturated carbocycles. The Morgan fingerprint density at radius 1 is 1.28 bits per heavy atom. The quantitative estimate of drug-likeness (QED) is 0.890. The van der Waals surface area contributed by atoms with Gasteiger partial charge in [0.15, 0.2) is 0 Å². The lowest BCUT2D eigenvalue weighted by molar-refractivity contribution is 0.341. The fourth-order valence-electron chi connectivity index (χ4n) is 3.45. The SMILES string of the molecule is CCNc1cncc(N2CCC3CCCCC32)n1. The number of hydrogen-bond acceptors (Lipinski definition) is 4. The van der Waals surface area contributed by atoms with Crippen molar-refractivity contribution in [3.8, 4) is 0 Å². The first-order valence-corrected chi connectivity index (χ1v) is 7.21. The van der Waals surface area contributed by atoms with Gasteiger partial charge < -0.3 is 10.2 Å². The van der Waals surface area contributed by atoms with Crippen molar-refractivity contribution >= 4 is 11.6 Å². The maximum Gasteiger partial charge on any atom is 0.149 e. The van der Waals surface area contributed by atoms with Gasteiger partial charge in [-0.05, 0) is 32.1 Å². The predicted octanol–water partition coefficient (Wildman–Crippen LogP) is 2.68. The van der Waals surface area contributed by atoms with Crippen molar-refractivity contribution in [3.63, 3.8) is 0 Å². The van der Waals surface area contributed by atoms with Gasteiger partial charge in [0.25, 0.3) is 0 Å². The smallest absolute Gasteiger partial charge is 0.149 e. The van der Waals surface area contributed by atoms with Crippen LogP contribution >= 0.6 is 0 Å². The molecule has 0 aromatic carbocycles. The zero-order valence-electron chi connectivity index (χ0n) is 11.1. The number of hydrogen-bond donors (Lipinski definition) is 1. The summed E-state index contributed by atoms with van der Waals surface area (Å²) in [5, 5.41) is 3.24. The molecule has 0 radical (unpaired) electrons. The first-order valence-electron chi connectivity index (χ1n) is 7.21. The lowest BCUT2D eigenvalue weighted by atomic mass is 9.85. The summed E-state index contributed by atoms with van der Waals surface area (Å²) in [6.45, 7) is 4.13. The first kappa shape index (κ1) is 11.8. The second kappa shape index (κ2) is 5.12. The van der Waals surface area contributed by atoms with Gasteiger partial charge in [-0.1, -0.05) is 12.8 Å². The van der Waals surface area contributed by atoms with E-state index in [1.807, 2.05) is 6.20 Å². The largest absolute Gasteiger partial charge is 0.369 e. The molecule has 1 aliphatic heterocycles. The predicted molar refractivity (Wildman–Crippen MR) is 73.9 cm³/mol. The van der Waals surface area contributed by atoms with E-state index in [1.165, 1.54) is 32.1 Å². The van der Waals surface area contributed by atoms with Crippen LogP contribution in [0.3, 0.4) is 0 Å². The number of nitrogens with one attached hydrogen (secondary N) is 1. The maximum absolute atomic E-state index is 4.69. The summed E-state index contributed by atoms with van der Waals surface area (Å²) in [6.07, 6.45) is 10.6. The monoisotopic (exact) mass is 246 g/mol. The topological polar surface area (TPSA) is 41.1 Å². The van der Waals surface area contributed by atoms with Crippen LogP contribution in [0.25, 0.3) is 0 Å². The van der Waals surface area contributed by atoms with E-state index in [0.717, 1.165) is 30.6 Å². The van der Waals surface area contributed by atoms with Crippen LogP contribution < -0.4 is 10.2 Å². The van der Waals surface area contributed by atoms with E-state index in [4.69, 9.17) is 0 Å². The summed E-state index contributed by atoms with van der Waals surface area (Å²) in [5.74, 6) is 2.85. The van der Waals surface area contributed by atoms with Gasteiger partial charge in [0.2, 0.25) is 0 Å². The lowest BCUT2D eigenvalue weighted by Gasteiger charge is -2.32. The van der Waals surface area contributed by atoms with Gasteiger partial charge >= 0.3 is 0 Å². The standard InChI is InChI=1S/C14H22N4/c1-2-16-13-9-15-10-14(17-13)18-8-7-11-5-3-4-6-12(11)18/h9-12H,2-8H2,1H3,(H,16,17). The summed E-state index contributed by atoms with van der Waals surface area (Å²) in [5.41, 5.74) is 0.